The van der Waals surface area contributed by atoms with Crippen LogP contribution in [0.3, 0.4) is 0 Å². The largest absolute Gasteiger partial charge is 0.480 e. The van der Waals surface area contributed by atoms with Crippen LogP contribution in [0.15, 0.2) is 12.7 Å². The number of amides is 1. The van der Waals surface area contributed by atoms with Crippen LogP contribution in [-0.4, -0.2) is 52.8 Å². The summed E-state index contributed by atoms with van der Waals surface area (Å²) in [6.45, 7) is 3.94. The van der Waals surface area contributed by atoms with Gasteiger partial charge >= 0.3 is 12.1 Å². The van der Waals surface area contributed by atoms with Crippen molar-refractivity contribution in [3.8, 4) is 0 Å². The van der Waals surface area contributed by atoms with Gasteiger partial charge in [0.2, 0.25) is 0 Å². The van der Waals surface area contributed by atoms with Gasteiger partial charge in [-0.2, -0.15) is 11.8 Å². The quantitative estimate of drug-likeness (QED) is 0.728. The summed E-state index contributed by atoms with van der Waals surface area (Å²) in [4.78, 5) is 23.6. The zero-order chi connectivity index (χ0) is 11.3. The molecule has 0 aromatic carbocycles. The van der Waals surface area contributed by atoms with Gasteiger partial charge in [0.05, 0.1) is 0 Å². The summed E-state index contributed by atoms with van der Waals surface area (Å²) in [5, 5.41) is 8.90. The summed E-state index contributed by atoms with van der Waals surface area (Å²) in [5.41, 5.74) is 0. The molecule has 1 fully saturated rings. The zero-order valence-corrected chi connectivity index (χ0v) is 9.03. The van der Waals surface area contributed by atoms with E-state index < -0.39 is 18.1 Å². The fourth-order valence-corrected chi connectivity index (χ4v) is 2.28. The molecule has 0 aromatic rings. The van der Waals surface area contributed by atoms with E-state index in [1.54, 1.807) is 0 Å². The minimum absolute atomic E-state index is 0.106. The van der Waals surface area contributed by atoms with Gasteiger partial charge < -0.3 is 9.84 Å². The number of rotatable bonds is 3. The normalized spacial score (nSPS) is 20.8. The van der Waals surface area contributed by atoms with Crippen LogP contribution in [0.4, 0.5) is 4.79 Å². The molecule has 1 amide bonds. The van der Waals surface area contributed by atoms with Crippen molar-refractivity contribution in [2.24, 2.45) is 0 Å². The van der Waals surface area contributed by atoms with E-state index in [0.717, 1.165) is 5.75 Å². The predicted octanol–water partition coefficient (Wildman–Crippen LogP) is 0.811. The topological polar surface area (TPSA) is 66.8 Å². The first kappa shape index (κ1) is 11.9. The molecule has 6 heteroatoms. The van der Waals surface area contributed by atoms with E-state index in [9.17, 15) is 9.59 Å². The highest BCUT2D eigenvalue weighted by Gasteiger charge is 2.33. The standard InChI is InChI=1S/C9H13NO4S/c1-2-4-14-9(13)10-3-5-15-6-7(10)8(11)12/h2,7H,1,3-6H2,(H,11,12). The average Bonchev–Trinajstić information content (AvgIpc) is 2.25. The van der Waals surface area contributed by atoms with Crippen LogP contribution in [0, 0.1) is 0 Å². The fraction of sp³-hybridized carbons (Fsp3) is 0.556. The molecule has 1 unspecified atom stereocenters. The Morgan fingerprint density at radius 2 is 2.40 bits per heavy atom. The Morgan fingerprint density at radius 1 is 1.67 bits per heavy atom. The number of aliphatic carboxylic acids is 1. The molecule has 0 bridgehead atoms. The monoisotopic (exact) mass is 231 g/mol. The molecule has 1 saturated heterocycles. The van der Waals surface area contributed by atoms with Gasteiger partial charge in [0.15, 0.2) is 0 Å². The Balaban J connectivity index is 2.58. The van der Waals surface area contributed by atoms with E-state index in [-0.39, 0.29) is 6.61 Å². The van der Waals surface area contributed by atoms with Gasteiger partial charge in [-0.3, -0.25) is 4.90 Å². The number of hydrogen-bond acceptors (Lipinski definition) is 4. The molecule has 15 heavy (non-hydrogen) atoms. The third kappa shape index (κ3) is 3.16. The Hall–Kier alpha value is -1.17. The molecule has 0 aliphatic carbocycles. The second-order valence-corrected chi connectivity index (χ2v) is 4.14. The third-order valence-electron chi connectivity index (χ3n) is 1.97. The summed E-state index contributed by atoms with van der Waals surface area (Å²) >= 11 is 1.53. The highest BCUT2D eigenvalue weighted by molar-refractivity contribution is 7.99. The molecular formula is C9H13NO4S. The molecule has 0 spiro atoms. The summed E-state index contributed by atoms with van der Waals surface area (Å²) in [6.07, 6.45) is 0.870. The summed E-state index contributed by atoms with van der Waals surface area (Å²) in [5.74, 6) is 0.170. The van der Waals surface area contributed by atoms with Crippen molar-refractivity contribution in [3.05, 3.63) is 12.7 Å². The minimum atomic E-state index is -0.988. The van der Waals surface area contributed by atoms with E-state index in [0.29, 0.717) is 12.3 Å². The van der Waals surface area contributed by atoms with Crippen molar-refractivity contribution in [1.82, 2.24) is 4.90 Å². The smallest absolute Gasteiger partial charge is 0.410 e. The summed E-state index contributed by atoms with van der Waals surface area (Å²) in [7, 11) is 0. The van der Waals surface area contributed by atoms with Crippen LogP contribution in [-0.2, 0) is 9.53 Å². The maximum atomic E-state index is 11.5. The highest BCUT2D eigenvalue weighted by Crippen LogP contribution is 2.17. The first-order chi connectivity index (χ1) is 7.16. The summed E-state index contributed by atoms with van der Waals surface area (Å²) < 4.78 is 4.81. The number of carbonyl (C=O) groups is 2. The predicted molar refractivity (Wildman–Crippen MR) is 57.0 cm³/mol. The van der Waals surface area contributed by atoms with E-state index in [4.69, 9.17) is 9.84 Å². The number of thioether (sulfide) groups is 1. The molecule has 0 saturated carbocycles. The second kappa shape index (κ2) is 5.65. The van der Waals surface area contributed by atoms with Crippen LogP contribution in [0.25, 0.3) is 0 Å². The maximum absolute atomic E-state index is 11.5. The van der Waals surface area contributed by atoms with Crippen molar-refractivity contribution < 1.29 is 19.4 Å². The molecule has 1 aliphatic heterocycles. The van der Waals surface area contributed by atoms with Crippen molar-refractivity contribution in [2.45, 2.75) is 6.04 Å². The van der Waals surface area contributed by atoms with Crippen molar-refractivity contribution in [2.75, 3.05) is 24.7 Å². The number of carbonyl (C=O) groups excluding carboxylic acids is 1. The van der Waals surface area contributed by atoms with Gasteiger partial charge in [-0.1, -0.05) is 12.7 Å². The first-order valence-electron chi connectivity index (χ1n) is 4.51. The Kier molecular flexibility index (Phi) is 4.48. The van der Waals surface area contributed by atoms with Gasteiger partial charge in [0.1, 0.15) is 12.6 Å². The number of carboxylic acids is 1. The fourth-order valence-electron chi connectivity index (χ4n) is 1.24. The molecule has 1 rings (SSSR count). The summed E-state index contributed by atoms with van der Waals surface area (Å²) in [6, 6.07) is -0.777. The van der Waals surface area contributed by atoms with Gasteiger partial charge in [-0.15, -0.1) is 0 Å². The SMILES string of the molecule is C=CCOC(=O)N1CCSCC1C(=O)O. The molecule has 1 aliphatic rings. The molecule has 0 aromatic heterocycles. The van der Waals surface area contributed by atoms with Crippen LogP contribution < -0.4 is 0 Å². The molecule has 0 radical (unpaired) electrons. The molecule has 1 N–H and O–H groups in total. The molecule has 84 valence electrons. The second-order valence-electron chi connectivity index (χ2n) is 2.99. The van der Waals surface area contributed by atoms with Crippen LogP contribution >= 0.6 is 11.8 Å². The lowest BCUT2D eigenvalue weighted by molar-refractivity contribution is -0.141. The van der Waals surface area contributed by atoms with Crippen molar-refractivity contribution >= 4 is 23.8 Å². The Morgan fingerprint density at radius 3 is 3.00 bits per heavy atom. The zero-order valence-electron chi connectivity index (χ0n) is 8.22. The van der Waals surface area contributed by atoms with Gasteiger partial charge in [-0.25, -0.2) is 9.59 Å². The lowest BCUT2D eigenvalue weighted by Gasteiger charge is -2.31. The lowest BCUT2D eigenvalue weighted by Crippen LogP contribution is -2.50. The number of nitrogens with zero attached hydrogens (tertiary/aromatic N) is 1. The van der Waals surface area contributed by atoms with Crippen molar-refractivity contribution in [3.63, 3.8) is 0 Å². The number of carboxylic acid groups (broad SMARTS) is 1. The van der Waals surface area contributed by atoms with Crippen LogP contribution in [0.1, 0.15) is 0 Å². The van der Waals surface area contributed by atoms with Gasteiger partial charge in [-0.05, 0) is 0 Å². The van der Waals surface area contributed by atoms with Gasteiger partial charge in [0, 0.05) is 18.1 Å². The highest BCUT2D eigenvalue weighted by atomic mass is 32.2. The van der Waals surface area contributed by atoms with E-state index >= 15 is 0 Å². The van der Waals surface area contributed by atoms with E-state index in [1.807, 2.05) is 0 Å². The Bertz CT molecular complexity index is 269. The Labute approximate surface area is 92.1 Å². The molecule has 1 atom stereocenters. The molecule has 1 heterocycles. The van der Waals surface area contributed by atoms with Crippen LogP contribution in [0.5, 0.6) is 0 Å². The maximum Gasteiger partial charge on any atom is 0.410 e. The molecular weight excluding hydrogens is 218 g/mol. The average molecular weight is 231 g/mol. The lowest BCUT2D eigenvalue weighted by atomic mass is 10.3. The number of hydrogen-bond donors (Lipinski definition) is 1. The van der Waals surface area contributed by atoms with Crippen LogP contribution in [0.2, 0.25) is 0 Å². The first-order valence-corrected chi connectivity index (χ1v) is 5.67. The molecule has 5 nitrogen and oxygen atoms in total. The minimum Gasteiger partial charge on any atom is -0.480 e. The van der Waals surface area contributed by atoms with E-state index in [1.165, 1.54) is 22.7 Å². The van der Waals surface area contributed by atoms with E-state index in [2.05, 4.69) is 6.58 Å². The number of ether oxygens (including phenoxy) is 1. The third-order valence-corrected chi connectivity index (χ3v) is 3.00. The van der Waals surface area contributed by atoms with Gasteiger partial charge in [0.25, 0.3) is 0 Å². The van der Waals surface area contributed by atoms with Crippen molar-refractivity contribution in [1.29, 1.82) is 0 Å².